The number of anilines is 1. The summed E-state index contributed by atoms with van der Waals surface area (Å²) in [7, 11) is 0. The summed E-state index contributed by atoms with van der Waals surface area (Å²) in [5.41, 5.74) is 7.51. The van der Waals surface area contributed by atoms with Crippen LogP contribution in [0, 0.1) is 13.8 Å². The van der Waals surface area contributed by atoms with Gasteiger partial charge in [0.2, 0.25) is 0 Å². The van der Waals surface area contributed by atoms with Crippen LogP contribution in [0.15, 0.2) is 12.7 Å². The lowest BCUT2D eigenvalue weighted by molar-refractivity contribution is 0.937. The largest absolute Gasteiger partial charge is 0.382 e. The van der Waals surface area contributed by atoms with Crippen molar-refractivity contribution in [3.05, 3.63) is 29.1 Å². The van der Waals surface area contributed by atoms with Crippen LogP contribution in [0.4, 0.5) is 5.82 Å². The molecule has 0 aliphatic rings. The van der Waals surface area contributed by atoms with Gasteiger partial charge in [0.15, 0.2) is 5.82 Å². The molecule has 2 aromatic heterocycles. The van der Waals surface area contributed by atoms with Crippen LogP contribution in [-0.2, 0) is 0 Å². The van der Waals surface area contributed by atoms with Gasteiger partial charge in [0, 0.05) is 5.69 Å². The van der Waals surface area contributed by atoms with Crippen LogP contribution >= 0.6 is 11.6 Å². The lowest BCUT2D eigenvalue weighted by Crippen LogP contribution is -2.03. The van der Waals surface area contributed by atoms with Crippen molar-refractivity contribution >= 4 is 17.4 Å². The maximum Gasteiger partial charge on any atom is 0.162 e. The number of aryl methyl sites for hydroxylation is 1. The van der Waals surface area contributed by atoms with E-state index in [1.165, 1.54) is 6.33 Å². The molecule has 2 rings (SSSR count). The minimum atomic E-state index is 0.271. The van der Waals surface area contributed by atoms with E-state index >= 15 is 0 Å². The van der Waals surface area contributed by atoms with Gasteiger partial charge >= 0.3 is 0 Å². The molecule has 0 aliphatic carbocycles. The second-order valence-electron chi connectivity index (χ2n) is 3.18. The summed E-state index contributed by atoms with van der Waals surface area (Å²) in [5.74, 6) is 0.828. The van der Waals surface area contributed by atoms with Crippen LogP contribution in [0.3, 0.4) is 0 Å². The Balaban J connectivity index is 2.64. The molecule has 0 fully saturated rings. The van der Waals surface area contributed by atoms with E-state index in [0.29, 0.717) is 10.8 Å². The van der Waals surface area contributed by atoms with E-state index in [1.54, 1.807) is 10.9 Å². The summed E-state index contributed by atoms with van der Waals surface area (Å²) in [6.07, 6.45) is 3.05. The van der Waals surface area contributed by atoms with Gasteiger partial charge in [-0.1, -0.05) is 11.6 Å². The molecule has 2 heterocycles. The lowest BCUT2D eigenvalue weighted by atomic mass is 10.4. The highest BCUT2D eigenvalue weighted by atomic mass is 35.5. The number of aromatic nitrogens is 4. The van der Waals surface area contributed by atoms with Crippen LogP contribution < -0.4 is 5.73 Å². The Morgan fingerprint density at radius 1 is 1.27 bits per heavy atom. The Morgan fingerprint density at radius 2 is 2.00 bits per heavy atom. The molecule has 15 heavy (non-hydrogen) atoms. The molecule has 6 heteroatoms. The molecule has 0 atom stereocenters. The average molecular weight is 224 g/mol. The van der Waals surface area contributed by atoms with Crippen molar-refractivity contribution in [2.75, 3.05) is 5.73 Å². The van der Waals surface area contributed by atoms with Gasteiger partial charge in [0.1, 0.15) is 23.5 Å². The van der Waals surface area contributed by atoms with Crippen molar-refractivity contribution in [3.8, 4) is 5.82 Å². The fourth-order valence-corrected chi connectivity index (χ4v) is 1.44. The summed E-state index contributed by atoms with van der Waals surface area (Å²) in [4.78, 5) is 12.1. The van der Waals surface area contributed by atoms with E-state index in [1.807, 2.05) is 13.8 Å². The summed E-state index contributed by atoms with van der Waals surface area (Å²) in [5, 5.41) is 0.345. The van der Waals surface area contributed by atoms with Crippen LogP contribution in [0.5, 0.6) is 0 Å². The molecule has 0 unspecified atom stereocenters. The van der Waals surface area contributed by atoms with Gasteiger partial charge in [-0.05, 0) is 13.8 Å². The van der Waals surface area contributed by atoms with Crippen molar-refractivity contribution in [2.24, 2.45) is 0 Å². The van der Waals surface area contributed by atoms with Gasteiger partial charge in [-0.2, -0.15) is 0 Å². The Labute approximate surface area is 91.9 Å². The molecule has 0 bridgehead atoms. The van der Waals surface area contributed by atoms with E-state index in [9.17, 15) is 0 Å². The van der Waals surface area contributed by atoms with Gasteiger partial charge in [0.05, 0.1) is 5.69 Å². The highest BCUT2D eigenvalue weighted by Crippen LogP contribution is 2.23. The number of nitrogens with zero attached hydrogens (tertiary/aromatic N) is 4. The lowest BCUT2D eigenvalue weighted by Gasteiger charge is -2.07. The molecule has 5 nitrogen and oxygen atoms in total. The maximum atomic E-state index is 6.01. The van der Waals surface area contributed by atoms with Gasteiger partial charge in [-0.3, -0.25) is 4.57 Å². The second-order valence-corrected chi connectivity index (χ2v) is 3.56. The third-order valence-corrected chi connectivity index (χ3v) is 2.64. The van der Waals surface area contributed by atoms with Crippen LogP contribution in [-0.4, -0.2) is 19.5 Å². The fraction of sp³-hybridized carbons (Fsp3) is 0.222. The Hall–Kier alpha value is -1.62. The maximum absolute atomic E-state index is 6.01. The molecule has 0 spiro atoms. The van der Waals surface area contributed by atoms with E-state index < -0.39 is 0 Å². The number of rotatable bonds is 1. The Morgan fingerprint density at radius 3 is 2.60 bits per heavy atom. The number of hydrogen-bond acceptors (Lipinski definition) is 4. The summed E-state index contributed by atoms with van der Waals surface area (Å²) in [6, 6.07) is 0. The predicted octanol–water partition coefficient (Wildman–Crippen LogP) is 1.51. The Bertz CT molecular complexity index is 505. The summed E-state index contributed by atoms with van der Waals surface area (Å²) >= 11 is 6.01. The first-order valence-electron chi connectivity index (χ1n) is 4.38. The smallest absolute Gasteiger partial charge is 0.162 e. The molecule has 0 aliphatic heterocycles. The number of imidazole rings is 1. The molecule has 78 valence electrons. The quantitative estimate of drug-likeness (QED) is 0.796. The van der Waals surface area contributed by atoms with Gasteiger partial charge < -0.3 is 5.73 Å². The fourth-order valence-electron chi connectivity index (χ4n) is 1.25. The van der Waals surface area contributed by atoms with E-state index in [0.717, 1.165) is 11.4 Å². The highest BCUT2D eigenvalue weighted by Gasteiger charge is 2.11. The van der Waals surface area contributed by atoms with Crippen molar-refractivity contribution in [2.45, 2.75) is 13.8 Å². The molecule has 2 N–H and O–H groups in total. The van der Waals surface area contributed by atoms with Gasteiger partial charge in [-0.25, -0.2) is 15.0 Å². The van der Waals surface area contributed by atoms with E-state index in [2.05, 4.69) is 15.0 Å². The topological polar surface area (TPSA) is 69.6 Å². The van der Waals surface area contributed by atoms with E-state index in [-0.39, 0.29) is 5.82 Å². The molecular weight excluding hydrogens is 214 g/mol. The summed E-state index contributed by atoms with van der Waals surface area (Å²) in [6.45, 7) is 3.86. The zero-order chi connectivity index (χ0) is 11.0. The summed E-state index contributed by atoms with van der Waals surface area (Å²) < 4.78 is 1.79. The monoisotopic (exact) mass is 223 g/mol. The van der Waals surface area contributed by atoms with Crippen molar-refractivity contribution < 1.29 is 0 Å². The molecular formula is C9H10ClN5. The molecule has 0 saturated heterocycles. The first-order chi connectivity index (χ1) is 7.11. The predicted molar refractivity (Wildman–Crippen MR) is 58.1 cm³/mol. The SMILES string of the molecule is Cc1ncn(-c2ncnc(N)c2Cl)c1C. The molecule has 0 amide bonds. The minimum Gasteiger partial charge on any atom is -0.382 e. The number of halogens is 1. The minimum absolute atomic E-state index is 0.271. The third-order valence-electron chi connectivity index (χ3n) is 2.28. The van der Waals surface area contributed by atoms with E-state index in [4.69, 9.17) is 17.3 Å². The zero-order valence-corrected chi connectivity index (χ0v) is 9.15. The number of nitrogens with two attached hydrogens (primary N) is 1. The van der Waals surface area contributed by atoms with Gasteiger partial charge in [-0.15, -0.1) is 0 Å². The number of nitrogen functional groups attached to an aromatic ring is 1. The molecule has 0 aromatic carbocycles. The van der Waals surface area contributed by atoms with Crippen molar-refractivity contribution in [1.29, 1.82) is 0 Å². The standard InChI is InChI=1S/C9H10ClN5/c1-5-6(2)15(4-14-5)9-7(10)8(11)12-3-13-9/h3-4H,1-2H3,(H2,11,12,13). The molecule has 0 saturated carbocycles. The van der Waals surface area contributed by atoms with Crippen LogP contribution in [0.2, 0.25) is 5.02 Å². The van der Waals surface area contributed by atoms with Crippen molar-refractivity contribution in [1.82, 2.24) is 19.5 Å². The van der Waals surface area contributed by atoms with Crippen molar-refractivity contribution in [3.63, 3.8) is 0 Å². The van der Waals surface area contributed by atoms with Crippen LogP contribution in [0.1, 0.15) is 11.4 Å². The van der Waals surface area contributed by atoms with Crippen LogP contribution in [0.25, 0.3) is 5.82 Å². The van der Waals surface area contributed by atoms with Gasteiger partial charge in [0.25, 0.3) is 0 Å². The first kappa shape index (κ1) is 9.92. The Kier molecular flexibility index (Phi) is 2.32. The highest BCUT2D eigenvalue weighted by molar-refractivity contribution is 6.34. The molecule has 0 radical (unpaired) electrons. The zero-order valence-electron chi connectivity index (χ0n) is 8.40. The third kappa shape index (κ3) is 1.55. The second kappa shape index (κ2) is 3.51. The normalized spacial score (nSPS) is 10.6. The number of hydrogen-bond donors (Lipinski definition) is 1. The first-order valence-corrected chi connectivity index (χ1v) is 4.76. The molecule has 2 aromatic rings. The average Bonchev–Trinajstić information content (AvgIpc) is 2.53.